The molecular formula is C65H123N2O7P. The van der Waals surface area contributed by atoms with Crippen LogP contribution < -0.4 is 10.2 Å². The average molecular weight is 1080 g/mol. The number of hydrogen-bond donors (Lipinski definition) is 1. The first kappa shape index (κ1) is 73.0. The van der Waals surface area contributed by atoms with Crippen LogP contribution in [0.15, 0.2) is 48.6 Å². The smallest absolute Gasteiger partial charge is 0.306 e. The Morgan fingerprint density at radius 2 is 0.813 bits per heavy atom. The lowest BCUT2D eigenvalue weighted by molar-refractivity contribution is -0.870. The number of amides is 1. The van der Waals surface area contributed by atoms with Crippen molar-refractivity contribution in [3.63, 3.8) is 0 Å². The summed E-state index contributed by atoms with van der Waals surface area (Å²) in [7, 11) is 1.18. The summed E-state index contributed by atoms with van der Waals surface area (Å²) in [6, 6.07) is -0.894. The number of unbranched alkanes of at least 4 members (excludes halogenated alkanes) is 36. The fourth-order valence-corrected chi connectivity index (χ4v) is 9.98. The Balaban J connectivity index is 5.17. The number of carbonyl (C=O) groups is 2. The molecule has 0 heterocycles. The van der Waals surface area contributed by atoms with Crippen LogP contribution in [0.4, 0.5) is 0 Å². The molecule has 0 aliphatic heterocycles. The highest BCUT2D eigenvalue weighted by molar-refractivity contribution is 7.45. The number of likely N-dealkylation sites (N-methyl/N-ethyl adjacent to an activating group) is 1. The molecule has 3 unspecified atom stereocenters. The zero-order valence-corrected chi connectivity index (χ0v) is 51.2. The molecule has 1 amide bonds. The van der Waals surface area contributed by atoms with Gasteiger partial charge in [-0.2, -0.15) is 0 Å². The van der Waals surface area contributed by atoms with E-state index in [9.17, 15) is 19.0 Å². The van der Waals surface area contributed by atoms with Gasteiger partial charge in [-0.15, -0.1) is 0 Å². The van der Waals surface area contributed by atoms with E-state index < -0.39 is 26.6 Å². The first-order chi connectivity index (χ1) is 36.4. The molecule has 10 heteroatoms. The number of allylic oxidation sites excluding steroid dienone is 7. The largest absolute Gasteiger partial charge is 0.756 e. The van der Waals surface area contributed by atoms with Crippen molar-refractivity contribution < 1.29 is 37.3 Å². The molecule has 440 valence electrons. The Kier molecular flexibility index (Phi) is 53.8. The Morgan fingerprint density at radius 1 is 0.467 bits per heavy atom. The molecule has 0 rings (SSSR count). The summed E-state index contributed by atoms with van der Waals surface area (Å²) in [4.78, 5) is 40.0. The predicted molar refractivity (Wildman–Crippen MR) is 321 cm³/mol. The SMILES string of the molecule is CCCCC/C=C\C/C=C\CCCCCCCCCCCCCCCC(=O)OC(/C=C\CCCCCCCCCCCCC)C(COP(=O)([O-])OCC[N+](C)(C)C)NC(=O)CCCCC/C=C\CCCCCCCC. The Labute approximate surface area is 465 Å². The molecule has 0 aromatic heterocycles. The van der Waals surface area contributed by atoms with Gasteiger partial charge in [-0.3, -0.25) is 14.2 Å². The summed E-state index contributed by atoms with van der Waals surface area (Å²) < 4.78 is 30.3. The summed E-state index contributed by atoms with van der Waals surface area (Å²) >= 11 is 0. The van der Waals surface area contributed by atoms with Crippen LogP contribution in [0.1, 0.15) is 303 Å². The summed E-state index contributed by atoms with van der Waals surface area (Å²) in [5.41, 5.74) is 0. The summed E-state index contributed by atoms with van der Waals surface area (Å²) in [6.07, 6.45) is 67.9. The maximum Gasteiger partial charge on any atom is 0.306 e. The van der Waals surface area contributed by atoms with E-state index in [0.717, 1.165) is 70.6 Å². The molecule has 0 saturated carbocycles. The first-order valence-corrected chi connectivity index (χ1v) is 33.4. The molecule has 0 saturated heterocycles. The third-order valence-corrected chi connectivity index (χ3v) is 15.2. The van der Waals surface area contributed by atoms with E-state index in [1.54, 1.807) is 0 Å². The van der Waals surface area contributed by atoms with Gasteiger partial charge in [0, 0.05) is 12.8 Å². The molecule has 0 fully saturated rings. The second-order valence-electron chi connectivity index (χ2n) is 22.9. The molecule has 0 radical (unpaired) electrons. The van der Waals surface area contributed by atoms with Crippen molar-refractivity contribution in [2.75, 3.05) is 40.9 Å². The van der Waals surface area contributed by atoms with Crippen LogP contribution in [0.5, 0.6) is 0 Å². The third kappa shape index (κ3) is 56.5. The summed E-state index contributed by atoms with van der Waals surface area (Å²) in [6.45, 7) is 6.82. The summed E-state index contributed by atoms with van der Waals surface area (Å²) in [5.74, 6) is -0.551. The quantitative estimate of drug-likeness (QED) is 0.0212. The number of quaternary nitrogens is 1. The van der Waals surface area contributed by atoms with Crippen molar-refractivity contribution in [3.05, 3.63) is 48.6 Å². The monoisotopic (exact) mass is 1070 g/mol. The van der Waals surface area contributed by atoms with E-state index in [4.69, 9.17) is 13.8 Å². The van der Waals surface area contributed by atoms with Gasteiger partial charge in [0.15, 0.2) is 0 Å². The lowest BCUT2D eigenvalue weighted by Crippen LogP contribution is -2.47. The molecule has 3 atom stereocenters. The molecule has 0 aliphatic carbocycles. The Morgan fingerprint density at radius 3 is 1.25 bits per heavy atom. The van der Waals surface area contributed by atoms with Gasteiger partial charge in [-0.25, -0.2) is 0 Å². The number of esters is 1. The number of nitrogens with one attached hydrogen (secondary N) is 1. The maximum atomic E-state index is 13.5. The van der Waals surface area contributed by atoms with Crippen molar-refractivity contribution >= 4 is 19.7 Å². The molecule has 75 heavy (non-hydrogen) atoms. The van der Waals surface area contributed by atoms with E-state index in [-0.39, 0.29) is 24.9 Å². The normalized spacial score (nSPS) is 14.0. The minimum Gasteiger partial charge on any atom is -0.756 e. The molecule has 0 aromatic rings. The predicted octanol–water partition coefficient (Wildman–Crippen LogP) is 19.0. The zero-order chi connectivity index (χ0) is 55.0. The number of nitrogens with zero attached hydrogens (tertiary/aromatic N) is 1. The van der Waals surface area contributed by atoms with Crippen LogP contribution >= 0.6 is 7.82 Å². The number of phosphoric acid groups is 1. The molecule has 0 aliphatic rings. The fourth-order valence-electron chi connectivity index (χ4n) is 9.25. The van der Waals surface area contributed by atoms with Gasteiger partial charge >= 0.3 is 5.97 Å². The number of rotatable bonds is 58. The second kappa shape index (κ2) is 55.3. The van der Waals surface area contributed by atoms with Crippen molar-refractivity contribution in [2.24, 2.45) is 0 Å². The highest BCUT2D eigenvalue weighted by Crippen LogP contribution is 2.38. The van der Waals surface area contributed by atoms with Crippen LogP contribution in [-0.4, -0.2) is 69.4 Å². The fraction of sp³-hybridized carbons (Fsp3) is 0.846. The number of phosphoric ester groups is 1. The van der Waals surface area contributed by atoms with Crippen LogP contribution in [0.25, 0.3) is 0 Å². The van der Waals surface area contributed by atoms with Crippen molar-refractivity contribution in [1.29, 1.82) is 0 Å². The molecule has 1 N–H and O–H groups in total. The van der Waals surface area contributed by atoms with Gasteiger partial charge < -0.3 is 28.5 Å². The van der Waals surface area contributed by atoms with E-state index in [2.05, 4.69) is 62.5 Å². The van der Waals surface area contributed by atoms with Crippen LogP contribution in [0.2, 0.25) is 0 Å². The second-order valence-corrected chi connectivity index (χ2v) is 24.3. The van der Waals surface area contributed by atoms with Gasteiger partial charge in [-0.05, 0) is 89.5 Å². The highest BCUT2D eigenvalue weighted by atomic mass is 31.2. The Bertz CT molecular complexity index is 1420. The van der Waals surface area contributed by atoms with E-state index >= 15 is 0 Å². The highest BCUT2D eigenvalue weighted by Gasteiger charge is 2.27. The van der Waals surface area contributed by atoms with Gasteiger partial charge in [0.1, 0.15) is 19.3 Å². The molecule has 0 spiro atoms. The van der Waals surface area contributed by atoms with Crippen molar-refractivity contribution in [3.8, 4) is 0 Å². The lowest BCUT2D eigenvalue weighted by Gasteiger charge is -2.30. The minimum atomic E-state index is -4.70. The number of carbonyl (C=O) groups excluding carboxylic acids is 2. The third-order valence-electron chi connectivity index (χ3n) is 14.2. The first-order valence-electron chi connectivity index (χ1n) is 31.9. The van der Waals surface area contributed by atoms with Gasteiger partial charge in [0.05, 0.1) is 33.8 Å². The van der Waals surface area contributed by atoms with Crippen LogP contribution in [0.3, 0.4) is 0 Å². The molecule has 9 nitrogen and oxygen atoms in total. The van der Waals surface area contributed by atoms with Crippen molar-refractivity contribution in [2.45, 2.75) is 315 Å². The topological polar surface area (TPSA) is 114 Å². The zero-order valence-electron chi connectivity index (χ0n) is 50.3. The van der Waals surface area contributed by atoms with Gasteiger partial charge in [0.2, 0.25) is 5.91 Å². The summed E-state index contributed by atoms with van der Waals surface area (Å²) in [5, 5.41) is 3.02. The van der Waals surface area contributed by atoms with Gasteiger partial charge in [-0.1, -0.05) is 250 Å². The minimum absolute atomic E-state index is 0.0242. The van der Waals surface area contributed by atoms with E-state index in [0.29, 0.717) is 23.9 Å². The molecule has 0 aromatic carbocycles. The standard InChI is InChI=1S/C65H123N2O7P/c1-7-10-13-16-19-22-25-28-29-30-31-32-33-34-35-36-37-40-43-46-49-52-55-58-65(69)74-63(56-53-50-47-44-41-38-26-23-20-17-14-11-8-2)62(61-73-75(70,71)72-60-59-67(4,5)6)66-64(68)57-54-51-48-45-42-39-27-24-21-18-15-12-9-3/h19,22,28-29,39,42,53,56,62-63H,7-18,20-21,23-27,30-38,40-41,43-52,54-55,57-61H2,1-6H3,(H-,66,68,70,71)/b22-19-,29-28-,42-39-,56-53-. The van der Waals surface area contributed by atoms with Crippen LogP contribution in [-0.2, 0) is 27.9 Å². The van der Waals surface area contributed by atoms with Crippen molar-refractivity contribution in [1.82, 2.24) is 5.32 Å². The molecule has 0 bridgehead atoms. The van der Waals surface area contributed by atoms with E-state index in [1.807, 2.05) is 33.3 Å². The van der Waals surface area contributed by atoms with Crippen LogP contribution in [0, 0.1) is 0 Å². The number of ether oxygens (including phenoxy) is 1. The lowest BCUT2D eigenvalue weighted by atomic mass is 10.0. The van der Waals surface area contributed by atoms with Gasteiger partial charge in [0.25, 0.3) is 7.82 Å². The average Bonchev–Trinajstić information content (AvgIpc) is 3.37. The Hall–Kier alpha value is -2.03. The maximum absolute atomic E-state index is 13.5. The van der Waals surface area contributed by atoms with E-state index in [1.165, 1.54) is 193 Å². The number of hydrogen-bond acceptors (Lipinski definition) is 7. The molecular weight excluding hydrogens is 952 g/mol.